The summed E-state index contributed by atoms with van der Waals surface area (Å²) < 4.78 is 26.1. The second-order valence-electron chi connectivity index (χ2n) is 15.1. The van der Waals surface area contributed by atoms with Crippen LogP contribution in [0.4, 0.5) is 10.1 Å². The highest BCUT2D eigenvalue weighted by molar-refractivity contribution is 5.92. The smallest absolute Gasteiger partial charge is 0.339 e. The number of piperidine rings is 1. The lowest BCUT2D eigenvalue weighted by atomic mass is 9.88. The summed E-state index contributed by atoms with van der Waals surface area (Å²) in [5, 5.41) is 10.2. The Labute approximate surface area is 310 Å². The van der Waals surface area contributed by atoms with Crippen molar-refractivity contribution in [2.45, 2.75) is 70.0 Å². The Balaban J connectivity index is 0.993. The van der Waals surface area contributed by atoms with Crippen LogP contribution < -0.4 is 14.4 Å². The molecule has 9 nitrogen and oxygen atoms in total. The standard InChI is InChI=1S/C43H48FN5O4/c1-27(2)33-6-4-5-7-35(33)39-26-47(25-28-8-12-34(29-9-10-29)40(20-28)52-3)18-19-49(39)30-14-16-48(17-15-30)31-11-13-36(43(50)51)41(21-31)53-32-22-37-38(44)24-46-42(37)45-23-32/h4-8,11-13,20-24,27,29-30,39H,9-10,14-19,25-26H2,1-3H3,(H,45,46)(H,50,51)/t39-/m0/s1. The van der Waals surface area contributed by atoms with Gasteiger partial charge in [-0.3, -0.25) is 9.80 Å². The molecule has 3 fully saturated rings. The van der Waals surface area contributed by atoms with Crippen LogP contribution in [0.15, 0.2) is 79.1 Å². The number of methoxy groups -OCH3 is 1. The van der Waals surface area contributed by atoms with Crippen molar-refractivity contribution in [3.8, 4) is 17.2 Å². The third kappa shape index (κ3) is 7.35. The molecule has 0 unspecified atom stereocenters. The van der Waals surface area contributed by atoms with Gasteiger partial charge in [-0.05, 0) is 84.0 Å². The van der Waals surface area contributed by atoms with E-state index in [0.717, 1.165) is 63.5 Å². The first-order chi connectivity index (χ1) is 25.7. The number of benzene rings is 3. The number of rotatable bonds is 11. The maximum Gasteiger partial charge on any atom is 0.339 e. The molecule has 1 aliphatic carbocycles. The highest BCUT2D eigenvalue weighted by Crippen LogP contribution is 2.45. The molecule has 2 N–H and O–H groups in total. The van der Waals surface area contributed by atoms with Gasteiger partial charge in [0.2, 0.25) is 0 Å². The second kappa shape index (κ2) is 14.8. The van der Waals surface area contributed by atoms with Gasteiger partial charge in [-0.25, -0.2) is 14.2 Å². The maximum atomic E-state index is 14.3. The summed E-state index contributed by atoms with van der Waals surface area (Å²) in [4.78, 5) is 26.9. The lowest BCUT2D eigenvalue weighted by Crippen LogP contribution is -2.54. The van der Waals surface area contributed by atoms with Gasteiger partial charge in [0.25, 0.3) is 0 Å². The molecule has 1 saturated carbocycles. The summed E-state index contributed by atoms with van der Waals surface area (Å²) in [6, 6.07) is 23.3. The van der Waals surface area contributed by atoms with Gasteiger partial charge < -0.3 is 24.5 Å². The number of ether oxygens (including phenoxy) is 2. The van der Waals surface area contributed by atoms with Gasteiger partial charge >= 0.3 is 5.97 Å². The molecule has 2 aromatic heterocycles. The Morgan fingerprint density at radius 3 is 2.53 bits per heavy atom. The molecule has 3 aliphatic rings. The van der Waals surface area contributed by atoms with Crippen LogP contribution in [-0.4, -0.2) is 76.7 Å². The molecular formula is C43H48FN5O4. The van der Waals surface area contributed by atoms with Crippen molar-refractivity contribution in [3.63, 3.8) is 0 Å². The first-order valence-corrected chi connectivity index (χ1v) is 18.9. The SMILES string of the molecule is COc1cc(CN2CCN(C3CCN(c4ccc(C(=O)O)c(Oc5cnc6[nH]cc(F)c6c5)c4)CC3)[C@H](c3ccccc3C(C)C)C2)ccc1C1CC1. The average molecular weight is 718 g/mol. The van der Waals surface area contributed by atoms with E-state index in [2.05, 4.69) is 81.0 Å². The van der Waals surface area contributed by atoms with Gasteiger partial charge in [0.05, 0.1) is 18.7 Å². The number of carboxylic acid groups (broad SMARTS) is 1. The van der Waals surface area contributed by atoms with E-state index in [4.69, 9.17) is 9.47 Å². The fraction of sp³-hybridized carbons (Fsp3) is 0.395. The fourth-order valence-corrected chi connectivity index (χ4v) is 8.45. The van der Waals surface area contributed by atoms with Gasteiger partial charge in [0, 0.05) is 69.3 Å². The molecule has 8 rings (SSSR count). The molecule has 0 spiro atoms. The number of hydrogen-bond acceptors (Lipinski definition) is 7. The van der Waals surface area contributed by atoms with Crippen molar-refractivity contribution in [2.24, 2.45) is 0 Å². The Hall–Kier alpha value is -4.93. The number of anilines is 1. The van der Waals surface area contributed by atoms with Gasteiger partial charge in [0.1, 0.15) is 34.3 Å². The highest BCUT2D eigenvalue weighted by atomic mass is 19.1. The third-order valence-electron chi connectivity index (χ3n) is 11.4. The van der Waals surface area contributed by atoms with E-state index >= 15 is 0 Å². The molecule has 4 heterocycles. The van der Waals surface area contributed by atoms with Gasteiger partial charge in [-0.1, -0.05) is 50.2 Å². The van der Waals surface area contributed by atoms with Crippen LogP contribution in [0.1, 0.15) is 90.0 Å². The monoisotopic (exact) mass is 717 g/mol. The number of aromatic amines is 1. The predicted molar refractivity (Wildman–Crippen MR) is 205 cm³/mol. The van der Waals surface area contributed by atoms with Crippen LogP contribution in [-0.2, 0) is 6.54 Å². The van der Waals surface area contributed by atoms with Crippen molar-refractivity contribution in [1.29, 1.82) is 0 Å². The number of fused-ring (bicyclic) bond motifs is 1. The molecular weight excluding hydrogens is 670 g/mol. The van der Waals surface area contributed by atoms with E-state index in [0.29, 0.717) is 23.5 Å². The van der Waals surface area contributed by atoms with Crippen LogP contribution in [0.2, 0.25) is 0 Å². The van der Waals surface area contributed by atoms with Gasteiger partial charge in [0.15, 0.2) is 0 Å². The van der Waals surface area contributed by atoms with Crippen molar-refractivity contribution < 1.29 is 23.8 Å². The number of pyridine rings is 1. The molecule has 0 bridgehead atoms. The lowest BCUT2D eigenvalue weighted by molar-refractivity contribution is 0.0271. The predicted octanol–water partition coefficient (Wildman–Crippen LogP) is 8.73. The first kappa shape index (κ1) is 35.1. The minimum atomic E-state index is -1.09. The minimum absolute atomic E-state index is 0.0418. The van der Waals surface area contributed by atoms with Crippen molar-refractivity contribution in [1.82, 2.24) is 19.8 Å². The van der Waals surface area contributed by atoms with Crippen molar-refractivity contribution >= 4 is 22.7 Å². The van der Waals surface area contributed by atoms with E-state index in [1.54, 1.807) is 19.2 Å². The molecule has 53 heavy (non-hydrogen) atoms. The molecule has 1 atom stereocenters. The zero-order valence-corrected chi connectivity index (χ0v) is 30.7. The summed E-state index contributed by atoms with van der Waals surface area (Å²) in [6.45, 7) is 10.1. The van der Waals surface area contributed by atoms with Gasteiger partial charge in [-0.15, -0.1) is 0 Å². The van der Waals surface area contributed by atoms with Crippen LogP contribution in [0.5, 0.6) is 17.2 Å². The number of nitrogens with zero attached hydrogens (tertiary/aromatic N) is 4. The third-order valence-corrected chi connectivity index (χ3v) is 11.4. The Morgan fingerprint density at radius 2 is 1.77 bits per heavy atom. The number of hydrogen-bond donors (Lipinski definition) is 2. The largest absolute Gasteiger partial charge is 0.496 e. The number of halogens is 1. The normalized spacial score (nSPS) is 18.9. The topological polar surface area (TPSA) is 94.2 Å². The second-order valence-corrected chi connectivity index (χ2v) is 15.1. The van der Waals surface area contributed by atoms with Crippen molar-refractivity contribution in [2.75, 3.05) is 44.7 Å². The van der Waals surface area contributed by atoms with E-state index in [-0.39, 0.29) is 28.5 Å². The quantitative estimate of drug-likeness (QED) is 0.140. The molecule has 2 saturated heterocycles. The number of piperazine rings is 1. The summed E-state index contributed by atoms with van der Waals surface area (Å²) in [5.74, 6) is 1.05. The molecule has 5 aromatic rings. The molecule has 2 aliphatic heterocycles. The number of nitrogens with one attached hydrogen (secondary N) is 1. The van der Waals surface area contributed by atoms with Crippen LogP contribution >= 0.6 is 0 Å². The zero-order chi connectivity index (χ0) is 36.6. The van der Waals surface area contributed by atoms with E-state index < -0.39 is 11.8 Å². The average Bonchev–Trinajstić information content (AvgIpc) is 3.96. The number of aromatic carboxylic acids is 1. The van der Waals surface area contributed by atoms with E-state index in [1.165, 1.54) is 53.6 Å². The lowest BCUT2D eigenvalue weighted by Gasteiger charge is -2.48. The number of H-pyrrole nitrogens is 1. The first-order valence-electron chi connectivity index (χ1n) is 18.9. The Kier molecular flexibility index (Phi) is 9.83. The summed E-state index contributed by atoms with van der Waals surface area (Å²) in [6.07, 6.45) is 7.21. The fourth-order valence-electron chi connectivity index (χ4n) is 8.45. The van der Waals surface area contributed by atoms with Crippen LogP contribution in [0, 0.1) is 5.82 Å². The highest BCUT2D eigenvalue weighted by Gasteiger charge is 2.36. The van der Waals surface area contributed by atoms with Crippen LogP contribution in [0.25, 0.3) is 11.0 Å². The number of carboxylic acids is 1. The van der Waals surface area contributed by atoms with E-state index in [9.17, 15) is 14.3 Å². The molecule has 3 aromatic carbocycles. The Bertz CT molecular complexity index is 2100. The summed E-state index contributed by atoms with van der Waals surface area (Å²) in [5.41, 5.74) is 6.84. The van der Waals surface area contributed by atoms with Crippen molar-refractivity contribution in [3.05, 3.63) is 113 Å². The maximum absolute atomic E-state index is 14.3. The van der Waals surface area contributed by atoms with E-state index in [1.807, 2.05) is 6.07 Å². The van der Waals surface area contributed by atoms with Crippen LogP contribution in [0.3, 0.4) is 0 Å². The molecule has 0 radical (unpaired) electrons. The summed E-state index contributed by atoms with van der Waals surface area (Å²) >= 11 is 0. The molecule has 10 heteroatoms. The number of carbonyl (C=O) groups is 1. The zero-order valence-electron chi connectivity index (χ0n) is 30.7. The summed E-state index contributed by atoms with van der Waals surface area (Å²) in [7, 11) is 1.79. The van der Waals surface area contributed by atoms with Gasteiger partial charge in [-0.2, -0.15) is 0 Å². The molecule has 276 valence electrons. The minimum Gasteiger partial charge on any atom is -0.496 e. The Morgan fingerprint density at radius 1 is 0.962 bits per heavy atom. The number of aromatic nitrogens is 2. The molecule has 0 amide bonds.